The minimum Gasteiger partial charge on any atom is -0.463 e. The van der Waals surface area contributed by atoms with Gasteiger partial charge >= 0.3 is 5.97 Å². The lowest BCUT2D eigenvalue weighted by atomic mass is 10.3. The first-order valence-corrected chi connectivity index (χ1v) is 3.87. The number of aliphatic hydroxyl groups is 1. The highest BCUT2D eigenvalue weighted by Gasteiger charge is 1.94. The van der Waals surface area contributed by atoms with Crippen molar-refractivity contribution in [2.24, 2.45) is 5.73 Å². The van der Waals surface area contributed by atoms with E-state index in [0.29, 0.717) is 6.61 Å². The number of rotatable bonds is 4. The fraction of sp³-hybridized carbons (Fsp3) is 0.333. The van der Waals surface area contributed by atoms with Crippen molar-refractivity contribution in [3.05, 3.63) is 24.8 Å². The van der Waals surface area contributed by atoms with E-state index >= 15 is 0 Å². The van der Waals surface area contributed by atoms with Crippen LogP contribution in [0.4, 0.5) is 0 Å². The van der Waals surface area contributed by atoms with Gasteiger partial charge < -0.3 is 15.6 Å². The molecule has 0 unspecified atom stereocenters. The van der Waals surface area contributed by atoms with Crippen molar-refractivity contribution in [3.63, 3.8) is 0 Å². The molecule has 0 atom stereocenters. The second kappa shape index (κ2) is 9.47. The lowest BCUT2D eigenvalue weighted by molar-refractivity contribution is -0.137. The van der Waals surface area contributed by atoms with Crippen LogP contribution in [0.5, 0.6) is 0 Å². The Morgan fingerprint density at radius 2 is 2.07 bits per heavy atom. The zero-order valence-electron chi connectivity index (χ0n) is 8.16. The molecule has 5 heteroatoms. The molecular formula is C9H15NO4. The Kier molecular flexibility index (Phi) is 10.1. The van der Waals surface area contributed by atoms with Crippen molar-refractivity contribution in [1.82, 2.24) is 0 Å². The summed E-state index contributed by atoms with van der Waals surface area (Å²) < 4.78 is 4.43. The van der Waals surface area contributed by atoms with Gasteiger partial charge in [-0.05, 0) is 6.92 Å². The summed E-state index contributed by atoms with van der Waals surface area (Å²) in [7, 11) is 0. The lowest BCUT2D eigenvalue weighted by Crippen LogP contribution is -2.14. The normalized spacial score (nSPS) is 7.86. The number of carbonyl (C=O) groups is 2. The van der Waals surface area contributed by atoms with Gasteiger partial charge in [-0.2, -0.15) is 0 Å². The van der Waals surface area contributed by atoms with Gasteiger partial charge in [-0.1, -0.05) is 13.2 Å². The SMILES string of the molecule is C=C(CO)C(N)=O.C=CC(=O)OCC. The maximum Gasteiger partial charge on any atom is 0.330 e. The number of aliphatic hydroxyl groups excluding tert-OH is 1. The first-order chi connectivity index (χ1) is 6.49. The maximum atomic E-state index is 10.1. The van der Waals surface area contributed by atoms with Crippen molar-refractivity contribution in [2.75, 3.05) is 13.2 Å². The second-order valence-electron chi connectivity index (χ2n) is 2.08. The smallest absolute Gasteiger partial charge is 0.330 e. The van der Waals surface area contributed by atoms with Gasteiger partial charge in [0, 0.05) is 11.6 Å². The van der Waals surface area contributed by atoms with E-state index in [9.17, 15) is 9.59 Å². The van der Waals surface area contributed by atoms with Crippen LogP contribution >= 0.6 is 0 Å². The van der Waals surface area contributed by atoms with Crippen LogP contribution in [-0.4, -0.2) is 30.2 Å². The van der Waals surface area contributed by atoms with Crippen LogP contribution in [-0.2, 0) is 14.3 Å². The van der Waals surface area contributed by atoms with Crippen LogP contribution in [0.25, 0.3) is 0 Å². The lowest BCUT2D eigenvalue weighted by Gasteiger charge is -1.90. The summed E-state index contributed by atoms with van der Waals surface area (Å²) in [6.45, 7) is 8.17. The van der Waals surface area contributed by atoms with Crippen molar-refractivity contribution in [1.29, 1.82) is 0 Å². The third-order valence-electron chi connectivity index (χ3n) is 0.993. The molecule has 0 spiro atoms. The highest BCUT2D eigenvalue weighted by Crippen LogP contribution is 1.80. The van der Waals surface area contributed by atoms with E-state index in [0.717, 1.165) is 6.08 Å². The minimum atomic E-state index is -0.650. The van der Waals surface area contributed by atoms with E-state index in [2.05, 4.69) is 23.6 Å². The molecule has 0 radical (unpaired) electrons. The standard InChI is InChI=1S/C5H8O2.C4H7NO2/c1-3-5(6)7-4-2;1-3(2-6)4(5)7/h3H,1,4H2,2H3;6H,1-2H2,(H2,5,7). The molecule has 0 saturated carbocycles. The molecule has 0 aromatic carbocycles. The molecule has 0 aliphatic carbocycles. The molecule has 0 saturated heterocycles. The van der Waals surface area contributed by atoms with E-state index in [1.165, 1.54) is 0 Å². The zero-order valence-corrected chi connectivity index (χ0v) is 8.16. The zero-order chi connectivity index (χ0) is 11.6. The molecule has 0 fully saturated rings. The molecule has 0 aliphatic heterocycles. The summed E-state index contributed by atoms with van der Waals surface area (Å²) in [5.41, 5.74) is 4.69. The molecule has 0 aromatic heterocycles. The van der Waals surface area contributed by atoms with Crippen molar-refractivity contribution >= 4 is 11.9 Å². The van der Waals surface area contributed by atoms with Crippen LogP contribution in [0, 0.1) is 0 Å². The van der Waals surface area contributed by atoms with Crippen LogP contribution in [0.15, 0.2) is 24.8 Å². The van der Waals surface area contributed by atoms with Gasteiger partial charge in [0.1, 0.15) is 0 Å². The number of carbonyl (C=O) groups excluding carboxylic acids is 2. The Morgan fingerprint density at radius 1 is 1.57 bits per heavy atom. The number of esters is 1. The fourth-order valence-corrected chi connectivity index (χ4v) is 0.279. The molecule has 3 N–H and O–H groups in total. The molecule has 0 aliphatic rings. The van der Waals surface area contributed by atoms with Crippen LogP contribution in [0.1, 0.15) is 6.92 Å². The molecular weight excluding hydrogens is 186 g/mol. The van der Waals surface area contributed by atoms with Crippen LogP contribution in [0.2, 0.25) is 0 Å². The van der Waals surface area contributed by atoms with Crippen molar-refractivity contribution in [2.45, 2.75) is 6.92 Å². The monoisotopic (exact) mass is 201 g/mol. The third-order valence-corrected chi connectivity index (χ3v) is 0.993. The van der Waals surface area contributed by atoms with Gasteiger partial charge in [-0.15, -0.1) is 0 Å². The Bertz CT molecular complexity index is 221. The topological polar surface area (TPSA) is 89.6 Å². The van der Waals surface area contributed by atoms with E-state index in [-0.39, 0.29) is 18.1 Å². The Hall–Kier alpha value is -1.62. The largest absolute Gasteiger partial charge is 0.463 e. The molecule has 14 heavy (non-hydrogen) atoms. The molecule has 0 heterocycles. The molecule has 0 aromatic rings. The summed E-state index contributed by atoms with van der Waals surface area (Å²) >= 11 is 0. The van der Waals surface area contributed by atoms with Crippen molar-refractivity contribution in [3.8, 4) is 0 Å². The van der Waals surface area contributed by atoms with Gasteiger partial charge in [-0.3, -0.25) is 4.79 Å². The molecule has 80 valence electrons. The summed E-state index contributed by atoms with van der Waals surface area (Å²) in [4.78, 5) is 20.0. The van der Waals surface area contributed by atoms with E-state index < -0.39 is 5.91 Å². The summed E-state index contributed by atoms with van der Waals surface area (Å²) in [6.07, 6.45) is 1.14. The Balaban J connectivity index is 0. The molecule has 5 nitrogen and oxygen atoms in total. The summed E-state index contributed by atoms with van der Waals surface area (Å²) in [5, 5.41) is 8.10. The number of nitrogens with two attached hydrogens (primary N) is 1. The Labute approximate surface area is 82.9 Å². The average molecular weight is 201 g/mol. The number of hydrogen-bond acceptors (Lipinski definition) is 4. The molecule has 0 rings (SSSR count). The summed E-state index contributed by atoms with van der Waals surface area (Å²) in [6, 6.07) is 0. The van der Waals surface area contributed by atoms with Crippen LogP contribution < -0.4 is 5.73 Å². The predicted octanol–water partition coefficient (Wildman–Crippen LogP) is -0.244. The van der Waals surface area contributed by atoms with Gasteiger partial charge in [0.15, 0.2) is 0 Å². The number of amides is 1. The van der Waals surface area contributed by atoms with Gasteiger partial charge in [0.25, 0.3) is 0 Å². The fourth-order valence-electron chi connectivity index (χ4n) is 0.279. The predicted molar refractivity (Wildman–Crippen MR) is 52.3 cm³/mol. The van der Waals surface area contributed by atoms with Crippen LogP contribution in [0.3, 0.4) is 0 Å². The van der Waals surface area contributed by atoms with Gasteiger partial charge in [0.05, 0.1) is 13.2 Å². The molecule has 0 bridgehead atoms. The first-order valence-electron chi connectivity index (χ1n) is 3.87. The first kappa shape index (κ1) is 14.9. The Morgan fingerprint density at radius 3 is 2.14 bits per heavy atom. The molecule has 1 amide bonds. The highest BCUT2D eigenvalue weighted by atomic mass is 16.5. The minimum absolute atomic E-state index is 0.0417. The van der Waals surface area contributed by atoms with Crippen molar-refractivity contribution < 1.29 is 19.4 Å². The van der Waals surface area contributed by atoms with E-state index in [4.69, 9.17) is 5.11 Å². The van der Waals surface area contributed by atoms with E-state index in [1.54, 1.807) is 6.92 Å². The maximum absolute atomic E-state index is 10.1. The average Bonchev–Trinajstić information content (AvgIpc) is 2.17. The van der Waals surface area contributed by atoms with Gasteiger partial charge in [-0.25, -0.2) is 4.79 Å². The number of hydrogen-bond donors (Lipinski definition) is 2. The second-order valence-corrected chi connectivity index (χ2v) is 2.08. The summed E-state index contributed by atoms with van der Waals surface area (Å²) in [5.74, 6) is -1.01. The third kappa shape index (κ3) is 10.4. The number of ether oxygens (including phenoxy) is 1. The number of primary amides is 1. The van der Waals surface area contributed by atoms with Gasteiger partial charge in [0.2, 0.25) is 5.91 Å². The van der Waals surface area contributed by atoms with E-state index in [1.807, 2.05) is 0 Å². The highest BCUT2D eigenvalue weighted by molar-refractivity contribution is 5.91. The quantitative estimate of drug-likeness (QED) is 0.485.